The van der Waals surface area contributed by atoms with Crippen molar-refractivity contribution in [2.24, 2.45) is 5.73 Å². The second-order valence-corrected chi connectivity index (χ2v) is 2.64. The maximum atomic E-state index is 9.14. The number of rotatable bonds is 9. The zero-order valence-electron chi connectivity index (χ0n) is 8.16. The summed E-state index contributed by atoms with van der Waals surface area (Å²) in [4.78, 5) is 0. The summed E-state index contributed by atoms with van der Waals surface area (Å²) in [5.41, 5.74) is 5.10. The fourth-order valence-corrected chi connectivity index (χ4v) is 0.715. The van der Waals surface area contributed by atoms with Gasteiger partial charge in [-0.15, -0.1) is 0 Å². The molecule has 1 atom stereocenters. The van der Waals surface area contributed by atoms with Gasteiger partial charge >= 0.3 is 0 Å². The summed E-state index contributed by atoms with van der Waals surface area (Å²) < 4.78 is 9.99. The summed E-state index contributed by atoms with van der Waals surface area (Å²) in [6.07, 6.45) is 0.465. The maximum Gasteiger partial charge on any atom is 0.0967 e. The predicted molar refractivity (Wildman–Crippen MR) is 50.1 cm³/mol. The third kappa shape index (κ3) is 9.72. The van der Waals surface area contributed by atoms with E-state index in [0.29, 0.717) is 26.5 Å². The van der Waals surface area contributed by atoms with Crippen LogP contribution in [0.25, 0.3) is 0 Å². The molecule has 0 rings (SSSR count). The molecular formula is C8H20N2O3. The fraction of sp³-hybridized carbons (Fsp3) is 1.00. The highest BCUT2D eigenvalue weighted by Crippen LogP contribution is 1.85. The van der Waals surface area contributed by atoms with E-state index in [1.165, 1.54) is 0 Å². The molecule has 1 unspecified atom stereocenters. The second kappa shape index (κ2) is 9.88. The Hall–Kier alpha value is -0.200. The molecule has 13 heavy (non-hydrogen) atoms. The summed E-state index contributed by atoms with van der Waals surface area (Å²) in [6, 6.07) is 0. The molecule has 0 radical (unpaired) electrons. The van der Waals surface area contributed by atoms with Crippen molar-refractivity contribution in [3.63, 3.8) is 0 Å². The molecule has 0 aromatic heterocycles. The molecule has 5 nitrogen and oxygen atoms in total. The van der Waals surface area contributed by atoms with Gasteiger partial charge in [-0.05, 0) is 6.42 Å². The molecule has 80 valence electrons. The molecule has 0 aliphatic rings. The Morgan fingerprint density at radius 2 is 2.08 bits per heavy atom. The molecule has 0 aromatic carbocycles. The molecule has 0 bridgehead atoms. The fourth-order valence-electron chi connectivity index (χ4n) is 0.715. The van der Waals surface area contributed by atoms with Gasteiger partial charge in [0.1, 0.15) is 0 Å². The second-order valence-electron chi connectivity index (χ2n) is 2.64. The minimum absolute atomic E-state index is 0.228. The largest absolute Gasteiger partial charge is 0.392 e. The van der Waals surface area contributed by atoms with Gasteiger partial charge in [-0.25, -0.2) is 0 Å². The highest BCUT2D eigenvalue weighted by Gasteiger charge is 1.97. The van der Waals surface area contributed by atoms with Gasteiger partial charge in [0, 0.05) is 6.54 Å². The average Bonchev–Trinajstić information content (AvgIpc) is 2.16. The summed E-state index contributed by atoms with van der Waals surface area (Å²) in [5.74, 6) is 0. The molecule has 5 heteroatoms. The van der Waals surface area contributed by atoms with Crippen molar-refractivity contribution in [2.75, 3.05) is 33.2 Å². The van der Waals surface area contributed by atoms with Gasteiger partial charge in [-0.3, -0.25) is 5.32 Å². The van der Waals surface area contributed by atoms with Gasteiger partial charge in [0.05, 0.1) is 32.8 Å². The van der Waals surface area contributed by atoms with Crippen molar-refractivity contribution in [1.82, 2.24) is 5.32 Å². The van der Waals surface area contributed by atoms with E-state index in [1.54, 1.807) is 0 Å². The predicted octanol–water partition coefficient (Wildman–Crippen LogP) is -0.746. The third-order valence-electron chi connectivity index (χ3n) is 1.55. The lowest BCUT2D eigenvalue weighted by Gasteiger charge is -2.09. The van der Waals surface area contributed by atoms with E-state index in [-0.39, 0.29) is 12.8 Å². The van der Waals surface area contributed by atoms with Gasteiger partial charge in [-0.1, -0.05) is 6.92 Å². The highest BCUT2D eigenvalue weighted by atomic mass is 16.5. The standard InChI is InChI=1S/C8H20N2O3/c1-2-8(11)5-10-7-13-4-3-12-6-9/h8,10-11H,2-7,9H2,1H3. The van der Waals surface area contributed by atoms with Crippen LogP contribution in [-0.4, -0.2) is 44.4 Å². The number of nitrogens with two attached hydrogens (primary N) is 1. The minimum atomic E-state index is -0.288. The molecule has 0 spiro atoms. The van der Waals surface area contributed by atoms with E-state index in [2.05, 4.69) is 5.32 Å². The van der Waals surface area contributed by atoms with Crippen LogP contribution in [0.3, 0.4) is 0 Å². The summed E-state index contributed by atoms with van der Waals surface area (Å²) in [6.45, 7) is 4.19. The van der Waals surface area contributed by atoms with Gasteiger partial charge in [0.2, 0.25) is 0 Å². The van der Waals surface area contributed by atoms with Gasteiger partial charge in [-0.2, -0.15) is 0 Å². The Balaban J connectivity index is 2.91. The van der Waals surface area contributed by atoms with Crippen LogP contribution in [0.4, 0.5) is 0 Å². The van der Waals surface area contributed by atoms with Crippen molar-refractivity contribution >= 4 is 0 Å². The molecule has 0 saturated heterocycles. The number of ether oxygens (including phenoxy) is 2. The van der Waals surface area contributed by atoms with Crippen LogP contribution in [0.2, 0.25) is 0 Å². The van der Waals surface area contributed by atoms with Crippen molar-refractivity contribution in [2.45, 2.75) is 19.4 Å². The van der Waals surface area contributed by atoms with Crippen molar-refractivity contribution in [3.8, 4) is 0 Å². The summed E-state index contributed by atoms with van der Waals surface area (Å²) in [7, 11) is 0. The normalized spacial score (nSPS) is 13.2. The van der Waals surface area contributed by atoms with E-state index in [1.807, 2.05) is 6.92 Å². The van der Waals surface area contributed by atoms with Gasteiger partial charge < -0.3 is 20.3 Å². The molecule has 0 aromatic rings. The Labute approximate surface area is 79.2 Å². The van der Waals surface area contributed by atoms with E-state index < -0.39 is 0 Å². The molecule has 4 N–H and O–H groups in total. The van der Waals surface area contributed by atoms with Crippen LogP contribution >= 0.6 is 0 Å². The summed E-state index contributed by atoms with van der Waals surface area (Å²) >= 11 is 0. The molecule has 0 amide bonds. The van der Waals surface area contributed by atoms with Crippen LogP contribution in [0.15, 0.2) is 0 Å². The van der Waals surface area contributed by atoms with Crippen molar-refractivity contribution in [1.29, 1.82) is 0 Å². The summed E-state index contributed by atoms with van der Waals surface area (Å²) in [5, 5.41) is 12.1. The van der Waals surface area contributed by atoms with E-state index >= 15 is 0 Å². The van der Waals surface area contributed by atoms with Crippen molar-refractivity contribution in [3.05, 3.63) is 0 Å². The minimum Gasteiger partial charge on any atom is -0.392 e. The highest BCUT2D eigenvalue weighted by molar-refractivity contribution is 4.53. The van der Waals surface area contributed by atoms with Gasteiger partial charge in [0.15, 0.2) is 0 Å². The number of aliphatic hydroxyl groups is 1. The molecule has 0 aliphatic carbocycles. The molecule has 0 fully saturated rings. The lowest BCUT2D eigenvalue weighted by Crippen LogP contribution is -2.28. The first-order valence-corrected chi connectivity index (χ1v) is 4.55. The molecule has 0 heterocycles. The first kappa shape index (κ1) is 12.8. The lowest BCUT2D eigenvalue weighted by atomic mass is 10.3. The molecule has 0 saturated carbocycles. The Morgan fingerprint density at radius 3 is 2.69 bits per heavy atom. The first-order valence-electron chi connectivity index (χ1n) is 4.55. The Bertz CT molecular complexity index is 103. The Kier molecular flexibility index (Phi) is 9.73. The van der Waals surface area contributed by atoms with Crippen LogP contribution in [0, 0.1) is 0 Å². The van der Waals surface area contributed by atoms with E-state index in [0.717, 1.165) is 6.42 Å². The van der Waals surface area contributed by atoms with E-state index in [4.69, 9.17) is 20.3 Å². The Morgan fingerprint density at radius 1 is 1.38 bits per heavy atom. The number of nitrogens with one attached hydrogen (secondary N) is 1. The van der Waals surface area contributed by atoms with Crippen molar-refractivity contribution < 1.29 is 14.6 Å². The lowest BCUT2D eigenvalue weighted by molar-refractivity contribution is 0.0381. The van der Waals surface area contributed by atoms with Crippen LogP contribution in [0.5, 0.6) is 0 Å². The average molecular weight is 192 g/mol. The monoisotopic (exact) mass is 192 g/mol. The van der Waals surface area contributed by atoms with Crippen LogP contribution in [-0.2, 0) is 9.47 Å². The van der Waals surface area contributed by atoms with Gasteiger partial charge in [0.25, 0.3) is 0 Å². The maximum absolute atomic E-state index is 9.14. The SMILES string of the molecule is CCC(O)CNCOCCOCN. The number of hydrogen-bond acceptors (Lipinski definition) is 5. The van der Waals surface area contributed by atoms with Crippen LogP contribution < -0.4 is 11.1 Å². The topological polar surface area (TPSA) is 76.7 Å². The molecular weight excluding hydrogens is 172 g/mol. The smallest absolute Gasteiger partial charge is 0.0967 e. The number of hydrogen-bond donors (Lipinski definition) is 3. The quantitative estimate of drug-likeness (QED) is 0.331. The number of aliphatic hydroxyl groups excluding tert-OH is 1. The first-order chi connectivity index (χ1) is 6.31. The third-order valence-corrected chi connectivity index (χ3v) is 1.55. The molecule has 0 aliphatic heterocycles. The van der Waals surface area contributed by atoms with Crippen LogP contribution in [0.1, 0.15) is 13.3 Å². The zero-order valence-corrected chi connectivity index (χ0v) is 8.16. The van der Waals surface area contributed by atoms with E-state index in [9.17, 15) is 0 Å². The zero-order chi connectivity index (χ0) is 9.94.